The first-order valence-corrected chi connectivity index (χ1v) is 7.81. The van der Waals surface area contributed by atoms with E-state index in [4.69, 9.17) is 0 Å². The van der Waals surface area contributed by atoms with Gasteiger partial charge < -0.3 is 10.2 Å². The van der Waals surface area contributed by atoms with Gasteiger partial charge >= 0.3 is 0 Å². The van der Waals surface area contributed by atoms with Gasteiger partial charge in [-0.15, -0.1) is 0 Å². The second-order valence-corrected chi connectivity index (χ2v) is 5.72. The Bertz CT molecular complexity index is 558. The van der Waals surface area contributed by atoms with E-state index in [1.54, 1.807) is 0 Å². The fourth-order valence-electron chi connectivity index (χ4n) is 3.18. The van der Waals surface area contributed by atoms with E-state index in [1.807, 2.05) is 0 Å². The summed E-state index contributed by atoms with van der Waals surface area (Å²) in [6, 6.07) is 15.9. The molecule has 1 atom stereocenters. The fourth-order valence-corrected chi connectivity index (χ4v) is 3.18. The Morgan fingerprint density at radius 1 is 1.05 bits per heavy atom. The first kappa shape index (κ1) is 13.6. The topological polar surface area (TPSA) is 15.3 Å². The number of benzene rings is 2. The van der Waals surface area contributed by atoms with Crippen LogP contribution >= 0.6 is 0 Å². The van der Waals surface area contributed by atoms with Crippen LogP contribution < -0.4 is 5.32 Å². The Morgan fingerprint density at radius 2 is 1.80 bits per heavy atom. The molecule has 0 aromatic heterocycles. The molecule has 1 aliphatic heterocycles. The van der Waals surface area contributed by atoms with Crippen molar-refractivity contribution in [3.63, 3.8) is 0 Å². The first-order valence-electron chi connectivity index (χ1n) is 7.81. The molecular weight excluding hydrogens is 244 g/mol. The van der Waals surface area contributed by atoms with E-state index >= 15 is 0 Å². The summed E-state index contributed by atoms with van der Waals surface area (Å²) in [5.41, 5.74) is 1.41. The van der Waals surface area contributed by atoms with Crippen molar-refractivity contribution in [2.75, 3.05) is 26.2 Å². The Hall–Kier alpha value is -1.38. The highest BCUT2D eigenvalue weighted by Crippen LogP contribution is 2.22. The fraction of sp³-hybridized carbons (Fsp3) is 0.444. The number of hydrogen-bond acceptors (Lipinski definition) is 2. The Labute approximate surface area is 121 Å². The summed E-state index contributed by atoms with van der Waals surface area (Å²) in [6.07, 6.45) is 2.72. The molecule has 0 amide bonds. The van der Waals surface area contributed by atoms with Gasteiger partial charge in [-0.2, -0.15) is 0 Å². The van der Waals surface area contributed by atoms with Gasteiger partial charge in [-0.05, 0) is 54.9 Å². The van der Waals surface area contributed by atoms with E-state index in [1.165, 1.54) is 42.3 Å². The molecule has 2 nitrogen and oxygen atoms in total. The maximum absolute atomic E-state index is 3.65. The highest BCUT2D eigenvalue weighted by molar-refractivity contribution is 5.83. The molecule has 2 aromatic rings. The molecule has 1 aliphatic rings. The third-order valence-electron chi connectivity index (χ3n) is 4.27. The number of nitrogens with zero attached hydrogens (tertiary/aromatic N) is 1. The van der Waals surface area contributed by atoms with Gasteiger partial charge in [0.05, 0.1) is 0 Å². The largest absolute Gasteiger partial charge is 0.309 e. The Balaban J connectivity index is 1.83. The second-order valence-electron chi connectivity index (χ2n) is 5.72. The summed E-state index contributed by atoms with van der Waals surface area (Å²) in [5, 5.41) is 6.32. The lowest BCUT2D eigenvalue weighted by Crippen LogP contribution is -2.33. The minimum absolute atomic E-state index is 0.447. The number of likely N-dealkylation sites (N-methyl/N-ethyl adjacent to an activating group) is 1. The number of hydrogen-bond donors (Lipinski definition) is 1. The van der Waals surface area contributed by atoms with Crippen LogP contribution in [-0.4, -0.2) is 31.1 Å². The Kier molecular flexibility index (Phi) is 4.34. The predicted octanol–water partition coefficient (Wildman–Crippen LogP) is 3.59. The van der Waals surface area contributed by atoms with Crippen LogP contribution in [0.4, 0.5) is 0 Å². The highest BCUT2D eigenvalue weighted by Gasteiger charge is 2.18. The zero-order chi connectivity index (χ0) is 13.8. The molecule has 1 fully saturated rings. The first-order chi connectivity index (χ1) is 9.86. The summed E-state index contributed by atoms with van der Waals surface area (Å²) >= 11 is 0. The lowest BCUT2D eigenvalue weighted by molar-refractivity contribution is 0.294. The van der Waals surface area contributed by atoms with E-state index in [-0.39, 0.29) is 0 Å². The predicted molar refractivity (Wildman–Crippen MR) is 86.0 cm³/mol. The second kappa shape index (κ2) is 6.38. The molecule has 0 spiro atoms. The van der Waals surface area contributed by atoms with Crippen LogP contribution in [-0.2, 0) is 0 Å². The van der Waals surface area contributed by atoms with Gasteiger partial charge in [-0.3, -0.25) is 0 Å². The highest BCUT2D eigenvalue weighted by atomic mass is 15.2. The lowest BCUT2D eigenvalue weighted by Gasteiger charge is -2.24. The van der Waals surface area contributed by atoms with Crippen molar-refractivity contribution in [1.82, 2.24) is 10.2 Å². The van der Waals surface area contributed by atoms with Crippen molar-refractivity contribution >= 4 is 10.8 Å². The number of nitrogens with one attached hydrogen (secondary N) is 1. The molecular formula is C18H24N2. The molecule has 2 heteroatoms. The molecule has 20 heavy (non-hydrogen) atoms. The van der Waals surface area contributed by atoms with Gasteiger partial charge in [0.1, 0.15) is 0 Å². The molecule has 1 N–H and O–H groups in total. The number of fused-ring (bicyclic) bond motifs is 1. The standard InChI is InChI=1S/C18H24N2/c1-2-19-18(14-20-11-5-6-12-20)17-10-9-15-7-3-4-8-16(15)13-17/h3-4,7-10,13,18-19H,2,5-6,11-12,14H2,1H3. The zero-order valence-electron chi connectivity index (χ0n) is 12.3. The van der Waals surface area contributed by atoms with Crippen molar-refractivity contribution in [3.05, 3.63) is 48.0 Å². The van der Waals surface area contributed by atoms with Crippen LogP contribution in [0, 0.1) is 0 Å². The van der Waals surface area contributed by atoms with E-state index in [0.717, 1.165) is 13.1 Å². The van der Waals surface area contributed by atoms with Crippen molar-refractivity contribution in [2.24, 2.45) is 0 Å². The van der Waals surface area contributed by atoms with Crippen molar-refractivity contribution < 1.29 is 0 Å². The van der Waals surface area contributed by atoms with Gasteiger partial charge in [0.15, 0.2) is 0 Å². The SMILES string of the molecule is CCNC(CN1CCCC1)c1ccc2ccccc2c1. The van der Waals surface area contributed by atoms with Crippen LogP contribution in [0.5, 0.6) is 0 Å². The van der Waals surface area contributed by atoms with Crippen molar-refractivity contribution in [1.29, 1.82) is 0 Å². The summed E-state index contributed by atoms with van der Waals surface area (Å²) in [6.45, 7) is 6.86. The van der Waals surface area contributed by atoms with Crippen LogP contribution in [0.25, 0.3) is 10.8 Å². The minimum Gasteiger partial charge on any atom is -0.309 e. The molecule has 0 radical (unpaired) electrons. The van der Waals surface area contributed by atoms with Crippen LogP contribution in [0.3, 0.4) is 0 Å². The van der Waals surface area contributed by atoms with E-state index in [0.29, 0.717) is 6.04 Å². The van der Waals surface area contributed by atoms with Gasteiger partial charge in [0.25, 0.3) is 0 Å². The summed E-state index contributed by atoms with van der Waals surface area (Å²) in [5.74, 6) is 0. The molecule has 1 saturated heterocycles. The molecule has 1 heterocycles. The molecule has 3 rings (SSSR count). The molecule has 2 aromatic carbocycles. The van der Waals surface area contributed by atoms with E-state index in [2.05, 4.69) is 59.6 Å². The van der Waals surface area contributed by atoms with Gasteiger partial charge in [0, 0.05) is 12.6 Å². The van der Waals surface area contributed by atoms with Crippen LogP contribution in [0.2, 0.25) is 0 Å². The smallest absolute Gasteiger partial charge is 0.0449 e. The van der Waals surface area contributed by atoms with Crippen molar-refractivity contribution in [3.8, 4) is 0 Å². The van der Waals surface area contributed by atoms with E-state index < -0.39 is 0 Å². The lowest BCUT2D eigenvalue weighted by atomic mass is 10.0. The monoisotopic (exact) mass is 268 g/mol. The van der Waals surface area contributed by atoms with Crippen LogP contribution in [0.1, 0.15) is 31.4 Å². The Morgan fingerprint density at radius 3 is 2.55 bits per heavy atom. The molecule has 106 valence electrons. The molecule has 1 unspecified atom stereocenters. The molecule has 0 aliphatic carbocycles. The third kappa shape index (κ3) is 3.02. The van der Waals surface area contributed by atoms with Gasteiger partial charge in [0.2, 0.25) is 0 Å². The summed E-state index contributed by atoms with van der Waals surface area (Å²) in [4.78, 5) is 2.59. The number of likely N-dealkylation sites (tertiary alicyclic amines) is 1. The van der Waals surface area contributed by atoms with Crippen molar-refractivity contribution in [2.45, 2.75) is 25.8 Å². The third-order valence-corrected chi connectivity index (χ3v) is 4.27. The van der Waals surface area contributed by atoms with Gasteiger partial charge in [-0.25, -0.2) is 0 Å². The summed E-state index contributed by atoms with van der Waals surface area (Å²) in [7, 11) is 0. The zero-order valence-corrected chi connectivity index (χ0v) is 12.3. The minimum atomic E-state index is 0.447. The summed E-state index contributed by atoms with van der Waals surface area (Å²) < 4.78 is 0. The average molecular weight is 268 g/mol. The van der Waals surface area contributed by atoms with Crippen LogP contribution in [0.15, 0.2) is 42.5 Å². The normalized spacial score (nSPS) is 17.6. The number of rotatable bonds is 5. The van der Waals surface area contributed by atoms with Gasteiger partial charge in [-0.1, -0.05) is 43.3 Å². The average Bonchev–Trinajstić information content (AvgIpc) is 2.99. The molecule has 0 saturated carbocycles. The maximum Gasteiger partial charge on any atom is 0.0449 e. The molecule has 0 bridgehead atoms. The maximum atomic E-state index is 3.65. The van der Waals surface area contributed by atoms with E-state index in [9.17, 15) is 0 Å². The quantitative estimate of drug-likeness (QED) is 0.891.